The van der Waals surface area contributed by atoms with Crippen LogP contribution in [0.2, 0.25) is 5.02 Å². The molecule has 0 aliphatic carbocycles. The first-order valence-corrected chi connectivity index (χ1v) is 7.22. The van der Waals surface area contributed by atoms with E-state index >= 15 is 0 Å². The molecule has 1 aromatic carbocycles. The lowest BCUT2D eigenvalue weighted by molar-refractivity contribution is 0.628. The third-order valence-corrected chi connectivity index (χ3v) is 4.03. The van der Waals surface area contributed by atoms with Gasteiger partial charge in [0.15, 0.2) is 0 Å². The van der Waals surface area contributed by atoms with Crippen molar-refractivity contribution in [2.75, 3.05) is 0 Å². The number of H-pyrrole nitrogens is 1. The molecule has 0 unspecified atom stereocenters. The van der Waals surface area contributed by atoms with Crippen molar-refractivity contribution in [2.45, 2.75) is 19.8 Å². The maximum absolute atomic E-state index is 13.0. The van der Waals surface area contributed by atoms with Gasteiger partial charge in [0.1, 0.15) is 11.6 Å². The molecule has 100 valence electrons. The molecule has 2 rings (SSSR count). The molecule has 3 nitrogen and oxygen atoms in total. The molecule has 0 amide bonds. The van der Waals surface area contributed by atoms with Crippen LogP contribution >= 0.6 is 34.2 Å². The predicted molar refractivity (Wildman–Crippen MR) is 82.0 cm³/mol. The molecule has 0 bridgehead atoms. The minimum atomic E-state index is -0.421. The zero-order chi connectivity index (χ0) is 14.0. The molecule has 6 heteroatoms. The molecule has 0 radical (unpaired) electrons. The van der Waals surface area contributed by atoms with Crippen molar-refractivity contribution in [3.63, 3.8) is 0 Å². The molecule has 0 aliphatic rings. The Bertz CT molecular complexity index is 672. The number of halogens is 3. The van der Waals surface area contributed by atoms with Crippen LogP contribution in [-0.4, -0.2) is 9.97 Å². The SMILES string of the molecule is CCCc1nc(-c2ccc(F)cc2Cl)[nH]c(=O)c1I. The summed E-state index contributed by atoms with van der Waals surface area (Å²) >= 11 is 7.96. The molecule has 0 atom stereocenters. The predicted octanol–water partition coefficient (Wildman–Crippen LogP) is 3.79. The van der Waals surface area contributed by atoms with E-state index in [2.05, 4.69) is 9.97 Å². The van der Waals surface area contributed by atoms with E-state index in [1.54, 1.807) is 0 Å². The molecule has 0 aliphatic heterocycles. The first kappa shape index (κ1) is 14.5. The van der Waals surface area contributed by atoms with E-state index in [9.17, 15) is 9.18 Å². The van der Waals surface area contributed by atoms with E-state index in [0.717, 1.165) is 12.1 Å². The third-order valence-electron chi connectivity index (χ3n) is 2.60. The normalized spacial score (nSPS) is 10.7. The van der Waals surface area contributed by atoms with Gasteiger partial charge in [-0.2, -0.15) is 0 Å². The smallest absolute Gasteiger partial charge is 0.264 e. The van der Waals surface area contributed by atoms with Crippen molar-refractivity contribution in [2.24, 2.45) is 0 Å². The minimum absolute atomic E-state index is 0.200. The Labute approximate surface area is 128 Å². The van der Waals surface area contributed by atoms with Crippen molar-refractivity contribution in [3.05, 3.63) is 48.7 Å². The monoisotopic (exact) mass is 392 g/mol. The Balaban J connectivity index is 2.59. The van der Waals surface area contributed by atoms with E-state index in [0.29, 0.717) is 21.4 Å². The highest BCUT2D eigenvalue weighted by Gasteiger charge is 2.12. The van der Waals surface area contributed by atoms with Gasteiger partial charge < -0.3 is 4.98 Å². The Hall–Kier alpha value is -0.950. The lowest BCUT2D eigenvalue weighted by Crippen LogP contribution is -2.16. The molecule has 0 saturated heterocycles. The van der Waals surface area contributed by atoms with Crippen molar-refractivity contribution in [1.82, 2.24) is 9.97 Å². The molecule has 0 saturated carbocycles. The van der Waals surface area contributed by atoms with Crippen LogP contribution in [0.5, 0.6) is 0 Å². The number of nitrogens with zero attached hydrogens (tertiary/aromatic N) is 1. The molecule has 2 aromatic rings. The number of aromatic nitrogens is 2. The van der Waals surface area contributed by atoms with Gasteiger partial charge >= 0.3 is 0 Å². The van der Waals surface area contributed by atoms with Gasteiger partial charge in [-0.3, -0.25) is 4.79 Å². The van der Waals surface area contributed by atoms with Crippen LogP contribution in [-0.2, 0) is 6.42 Å². The first-order chi connectivity index (χ1) is 9.02. The van der Waals surface area contributed by atoms with Crippen molar-refractivity contribution < 1.29 is 4.39 Å². The molecule has 1 heterocycles. The Kier molecular flexibility index (Phi) is 4.57. The summed E-state index contributed by atoms with van der Waals surface area (Å²) in [5.41, 5.74) is 1.06. The fraction of sp³-hybridized carbons (Fsp3) is 0.231. The Morgan fingerprint density at radius 3 is 2.84 bits per heavy atom. The maximum Gasteiger partial charge on any atom is 0.264 e. The molecule has 1 aromatic heterocycles. The summed E-state index contributed by atoms with van der Waals surface area (Å²) in [7, 11) is 0. The summed E-state index contributed by atoms with van der Waals surface area (Å²) in [4.78, 5) is 19.0. The zero-order valence-electron chi connectivity index (χ0n) is 10.1. The molecule has 19 heavy (non-hydrogen) atoms. The Morgan fingerprint density at radius 1 is 1.47 bits per heavy atom. The van der Waals surface area contributed by atoms with E-state index in [1.165, 1.54) is 18.2 Å². The molecular formula is C13H11ClFIN2O. The second-order valence-electron chi connectivity index (χ2n) is 4.05. The summed E-state index contributed by atoms with van der Waals surface area (Å²) in [6, 6.07) is 4.01. The molecule has 0 fully saturated rings. The number of hydrogen-bond donors (Lipinski definition) is 1. The fourth-order valence-corrected chi connectivity index (χ4v) is 2.50. The molecular weight excluding hydrogens is 382 g/mol. The van der Waals surface area contributed by atoms with Crippen LogP contribution in [0.1, 0.15) is 19.0 Å². The van der Waals surface area contributed by atoms with Crippen molar-refractivity contribution >= 4 is 34.2 Å². The fourth-order valence-electron chi connectivity index (χ4n) is 1.72. The van der Waals surface area contributed by atoms with Gasteiger partial charge in [0.25, 0.3) is 5.56 Å². The average Bonchev–Trinajstić information content (AvgIpc) is 2.35. The van der Waals surface area contributed by atoms with Crippen molar-refractivity contribution in [1.29, 1.82) is 0 Å². The summed E-state index contributed by atoms with van der Waals surface area (Å²) in [5.74, 6) is -0.0470. The highest BCUT2D eigenvalue weighted by atomic mass is 127. The first-order valence-electron chi connectivity index (χ1n) is 5.77. The van der Waals surface area contributed by atoms with Gasteiger partial charge in [-0.25, -0.2) is 9.37 Å². The summed E-state index contributed by atoms with van der Waals surface area (Å²) in [5, 5.41) is 0.229. The van der Waals surface area contributed by atoms with E-state index in [1.807, 2.05) is 29.5 Å². The van der Waals surface area contributed by atoms with Gasteiger partial charge in [-0.15, -0.1) is 0 Å². The van der Waals surface area contributed by atoms with Crippen LogP contribution < -0.4 is 5.56 Å². The van der Waals surface area contributed by atoms with Crippen LogP contribution in [0.4, 0.5) is 4.39 Å². The second kappa shape index (κ2) is 6.00. The molecule has 0 spiro atoms. The number of hydrogen-bond acceptors (Lipinski definition) is 2. The van der Waals surface area contributed by atoms with Crippen LogP contribution in [0.15, 0.2) is 23.0 Å². The maximum atomic E-state index is 13.0. The van der Waals surface area contributed by atoms with E-state index in [-0.39, 0.29) is 10.6 Å². The highest BCUT2D eigenvalue weighted by Crippen LogP contribution is 2.25. The summed E-state index contributed by atoms with van der Waals surface area (Å²) in [6.45, 7) is 2.02. The van der Waals surface area contributed by atoms with Crippen LogP contribution in [0.3, 0.4) is 0 Å². The standard InChI is InChI=1S/C13H11ClFIN2O/c1-2-3-10-11(16)13(19)18-12(17-10)8-5-4-7(15)6-9(8)14/h4-6H,2-3H2,1H3,(H,17,18,19). The molecule has 1 N–H and O–H groups in total. The quantitative estimate of drug-likeness (QED) is 0.808. The highest BCUT2D eigenvalue weighted by molar-refractivity contribution is 14.1. The van der Waals surface area contributed by atoms with E-state index in [4.69, 9.17) is 11.6 Å². The van der Waals surface area contributed by atoms with Crippen LogP contribution in [0, 0.1) is 9.39 Å². The number of benzene rings is 1. The van der Waals surface area contributed by atoms with Gasteiger partial charge in [0, 0.05) is 5.56 Å². The minimum Gasteiger partial charge on any atom is -0.306 e. The number of aryl methyl sites for hydroxylation is 1. The summed E-state index contributed by atoms with van der Waals surface area (Å²) in [6.07, 6.45) is 1.61. The van der Waals surface area contributed by atoms with E-state index < -0.39 is 5.82 Å². The zero-order valence-corrected chi connectivity index (χ0v) is 13.0. The second-order valence-corrected chi connectivity index (χ2v) is 5.54. The lowest BCUT2D eigenvalue weighted by atomic mass is 10.2. The van der Waals surface area contributed by atoms with Crippen molar-refractivity contribution in [3.8, 4) is 11.4 Å². The third kappa shape index (κ3) is 3.14. The average molecular weight is 393 g/mol. The largest absolute Gasteiger partial charge is 0.306 e. The summed E-state index contributed by atoms with van der Waals surface area (Å²) < 4.78 is 13.6. The van der Waals surface area contributed by atoms with Crippen LogP contribution in [0.25, 0.3) is 11.4 Å². The van der Waals surface area contributed by atoms with Gasteiger partial charge in [-0.1, -0.05) is 24.9 Å². The topological polar surface area (TPSA) is 45.8 Å². The number of aromatic amines is 1. The van der Waals surface area contributed by atoms with Gasteiger partial charge in [0.2, 0.25) is 0 Å². The number of nitrogens with one attached hydrogen (secondary N) is 1. The Morgan fingerprint density at radius 2 is 2.21 bits per heavy atom. The number of rotatable bonds is 3. The van der Waals surface area contributed by atoms with Gasteiger partial charge in [0.05, 0.1) is 14.3 Å². The lowest BCUT2D eigenvalue weighted by Gasteiger charge is -2.07. The van der Waals surface area contributed by atoms with Gasteiger partial charge in [-0.05, 0) is 47.2 Å².